The summed E-state index contributed by atoms with van der Waals surface area (Å²) in [6, 6.07) is 14.5. The van der Waals surface area contributed by atoms with Crippen molar-refractivity contribution in [2.24, 2.45) is 0 Å². The first-order chi connectivity index (χ1) is 12.7. The Balaban J connectivity index is 1.32. The standard InChI is InChI=1S/C21H23NO4/c1-25-16-10-12-17(13-11-16)26-15-7-3-2-6-14-22-20(23)18-8-4-5-9-19(18)21(22)24/h4-5,8-13H,2-3,6-7,14-15H2,1H3. The van der Waals surface area contributed by atoms with Gasteiger partial charge in [0, 0.05) is 6.54 Å². The minimum Gasteiger partial charge on any atom is -0.497 e. The summed E-state index contributed by atoms with van der Waals surface area (Å²) in [4.78, 5) is 25.9. The summed E-state index contributed by atoms with van der Waals surface area (Å²) in [6.07, 6.45) is 3.71. The van der Waals surface area contributed by atoms with Gasteiger partial charge in [-0.2, -0.15) is 0 Å². The molecule has 136 valence electrons. The normalized spacial score (nSPS) is 13.0. The number of hydrogen-bond donors (Lipinski definition) is 0. The van der Waals surface area contributed by atoms with Crippen molar-refractivity contribution in [3.8, 4) is 11.5 Å². The van der Waals surface area contributed by atoms with Crippen LogP contribution in [-0.4, -0.2) is 37.0 Å². The molecule has 3 rings (SSSR count). The smallest absolute Gasteiger partial charge is 0.261 e. The van der Waals surface area contributed by atoms with Gasteiger partial charge in [-0.1, -0.05) is 25.0 Å². The van der Waals surface area contributed by atoms with E-state index in [1.165, 1.54) is 4.90 Å². The van der Waals surface area contributed by atoms with E-state index in [2.05, 4.69) is 0 Å². The molecule has 1 aliphatic rings. The number of amides is 2. The van der Waals surface area contributed by atoms with Crippen LogP contribution >= 0.6 is 0 Å². The summed E-state index contributed by atoms with van der Waals surface area (Å²) in [5, 5.41) is 0. The van der Waals surface area contributed by atoms with Crippen LogP contribution in [0.15, 0.2) is 48.5 Å². The maximum Gasteiger partial charge on any atom is 0.261 e. The monoisotopic (exact) mass is 353 g/mol. The van der Waals surface area contributed by atoms with Crippen LogP contribution in [0.5, 0.6) is 11.5 Å². The molecule has 0 unspecified atom stereocenters. The molecule has 0 saturated carbocycles. The Morgan fingerprint density at radius 2 is 1.35 bits per heavy atom. The van der Waals surface area contributed by atoms with Gasteiger partial charge in [-0.25, -0.2) is 0 Å². The van der Waals surface area contributed by atoms with Gasteiger partial charge >= 0.3 is 0 Å². The van der Waals surface area contributed by atoms with Gasteiger partial charge in [0.25, 0.3) is 11.8 Å². The van der Waals surface area contributed by atoms with Crippen LogP contribution in [0.3, 0.4) is 0 Å². The quantitative estimate of drug-likeness (QED) is 0.506. The van der Waals surface area contributed by atoms with Crippen LogP contribution in [0.2, 0.25) is 0 Å². The van der Waals surface area contributed by atoms with Crippen LogP contribution in [0.4, 0.5) is 0 Å². The highest BCUT2D eigenvalue weighted by Crippen LogP contribution is 2.23. The maximum atomic E-state index is 12.3. The first-order valence-corrected chi connectivity index (χ1v) is 8.93. The van der Waals surface area contributed by atoms with Gasteiger partial charge in [0.2, 0.25) is 0 Å². The fraction of sp³-hybridized carbons (Fsp3) is 0.333. The van der Waals surface area contributed by atoms with Crippen molar-refractivity contribution >= 4 is 11.8 Å². The Kier molecular flexibility index (Phi) is 5.89. The Morgan fingerprint density at radius 3 is 1.96 bits per heavy atom. The minimum atomic E-state index is -0.173. The Hall–Kier alpha value is -2.82. The summed E-state index contributed by atoms with van der Waals surface area (Å²) in [7, 11) is 1.64. The van der Waals surface area contributed by atoms with Crippen LogP contribution in [0.1, 0.15) is 46.4 Å². The third kappa shape index (κ3) is 4.04. The van der Waals surface area contributed by atoms with Gasteiger partial charge in [0.1, 0.15) is 11.5 Å². The average molecular weight is 353 g/mol. The number of benzene rings is 2. The van der Waals surface area contributed by atoms with Gasteiger partial charge in [-0.3, -0.25) is 14.5 Å². The number of carbonyl (C=O) groups excluding carboxylic acids is 2. The fourth-order valence-electron chi connectivity index (χ4n) is 3.03. The number of ether oxygens (including phenoxy) is 2. The number of carbonyl (C=O) groups is 2. The van der Waals surface area contributed by atoms with Crippen molar-refractivity contribution in [2.45, 2.75) is 25.7 Å². The Bertz CT molecular complexity index is 735. The lowest BCUT2D eigenvalue weighted by Gasteiger charge is -2.13. The van der Waals surface area contributed by atoms with E-state index in [1.807, 2.05) is 24.3 Å². The molecule has 0 N–H and O–H groups in total. The molecule has 2 amide bonds. The molecule has 0 aliphatic carbocycles. The molecule has 2 aromatic carbocycles. The van der Waals surface area contributed by atoms with Crippen LogP contribution in [0, 0.1) is 0 Å². The summed E-state index contributed by atoms with van der Waals surface area (Å²) < 4.78 is 10.8. The summed E-state index contributed by atoms with van der Waals surface area (Å²) in [5.41, 5.74) is 1.04. The molecule has 1 aliphatic heterocycles. The van der Waals surface area contributed by atoms with E-state index >= 15 is 0 Å². The van der Waals surface area contributed by atoms with E-state index in [-0.39, 0.29) is 11.8 Å². The topological polar surface area (TPSA) is 55.8 Å². The highest BCUT2D eigenvalue weighted by molar-refractivity contribution is 6.21. The molecular formula is C21H23NO4. The average Bonchev–Trinajstić information content (AvgIpc) is 2.92. The van der Waals surface area contributed by atoms with Crippen molar-refractivity contribution in [1.29, 1.82) is 0 Å². The van der Waals surface area contributed by atoms with Crippen molar-refractivity contribution in [3.05, 3.63) is 59.7 Å². The van der Waals surface area contributed by atoms with Gasteiger partial charge in [-0.05, 0) is 49.2 Å². The van der Waals surface area contributed by atoms with Gasteiger partial charge < -0.3 is 9.47 Å². The van der Waals surface area contributed by atoms with Crippen LogP contribution in [0.25, 0.3) is 0 Å². The largest absolute Gasteiger partial charge is 0.497 e. The molecule has 0 saturated heterocycles. The zero-order valence-corrected chi connectivity index (χ0v) is 14.9. The summed E-state index contributed by atoms with van der Waals surface area (Å²) in [5.74, 6) is 1.30. The number of rotatable bonds is 9. The third-order valence-corrected chi connectivity index (χ3v) is 4.48. The van der Waals surface area contributed by atoms with Crippen molar-refractivity contribution in [2.75, 3.05) is 20.3 Å². The van der Waals surface area contributed by atoms with E-state index in [1.54, 1.807) is 31.4 Å². The number of methoxy groups -OCH3 is 1. The second-order valence-corrected chi connectivity index (χ2v) is 6.25. The predicted octanol–water partition coefficient (Wildman–Crippen LogP) is 3.93. The van der Waals surface area contributed by atoms with E-state index in [4.69, 9.17) is 9.47 Å². The Morgan fingerprint density at radius 1 is 0.769 bits per heavy atom. The predicted molar refractivity (Wildman–Crippen MR) is 98.8 cm³/mol. The van der Waals surface area contributed by atoms with E-state index in [0.717, 1.165) is 37.2 Å². The zero-order chi connectivity index (χ0) is 18.4. The molecule has 2 aromatic rings. The molecule has 0 bridgehead atoms. The fourth-order valence-corrected chi connectivity index (χ4v) is 3.03. The van der Waals surface area contributed by atoms with E-state index in [9.17, 15) is 9.59 Å². The SMILES string of the molecule is COc1ccc(OCCCCCCN2C(=O)c3ccccc3C2=O)cc1. The molecular weight excluding hydrogens is 330 g/mol. The summed E-state index contributed by atoms with van der Waals surface area (Å²) >= 11 is 0. The third-order valence-electron chi connectivity index (χ3n) is 4.48. The lowest BCUT2D eigenvalue weighted by molar-refractivity contribution is 0.0651. The minimum absolute atomic E-state index is 0.173. The lowest BCUT2D eigenvalue weighted by Crippen LogP contribution is -2.30. The molecule has 5 heteroatoms. The first kappa shape index (κ1) is 18.0. The van der Waals surface area contributed by atoms with Gasteiger partial charge in [0.15, 0.2) is 0 Å². The molecule has 0 aromatic heterocycles. The number of nitrogens with zero attached hydrogens (tertiary/aromatic N) is 1. The second-order valence-electron chi connectivity index (χ2n) is 6.25. The van der Waals surface area contributed by atoms with Crippen LogP contribution < -0.4 is 9.47 Å². The maximum absolute atomic E-state index is 12.3. The lowest BCUT2D eigenvalue weighted by atomic mass is 10.1. The summed E-state index contributed by atoms with van der Waals surface area (Å²) in [6.45, 7) is 1.13. The van der Waals surface area contributed by atoms with E-state index < -0.39 is 0 Å². The molecule has 1 heterocycles. The van der Waals surface area contributed by atoms with Crippen molar-refractivity contribution < 1.29 is 19.1 Å². The van der Waals surface area contributed by atoms with Crippen molar-refractivity contribution in [1.82, 2.24) is 4.90 Å². The Labute approximate surface area is 153 Å². The van der Waals surface area contributed by atoms with Crippen molar-refractivity contribution in [3.63, 3.8) is 0 Å². The highest BCUT2D eigenvalue weighted by Gasteiger charge is 2.34. The highest BCUT2D eigenvalue weighted by atomic mass is 16.5. The molecule has 26 heavy (non-hydrogen) atoms. The molecule has 5 nitrogen and oxygen atoms in total. The molecule has 0 atom stereocenters. The first-order valence-electron chi connectivity index (χ1n) is 8.93. The molecule has 0 radical (unpaired) electrons. The number of unbranched alkanes of at least 4 members (excludes halogenated alkanes) is 3. The molecule has 0 fully saturated rings. The number of hydrogen-bond acceptors (Lipinski definition) is 4. The second kappa shape index (κ2) is 8.52. The number of fused-ring (bicyclic) bond motifs is 1. The van der Waals surface area contributed by atoms with Gasteiger partial charge in [-0.15, -0.1) is 0 Å². The zero-order valence-electron chi connectivity index (χ0n) is 14.9. The van der Waals surface area contributed by atoms with E-state index in [0.29, 0.717) is 24.3 Å². The number of imide groups is 1. The van der Waals surface area contributed by atoms with Crippen LogP contribution in [-0.2, 0) is 0 Å². The van der Waals surface area contributed by atoms with Gasteiger partial charge in [0.05, 0.1) is 24.8 Å². The molecule has 0 spiro atoms.